The maximum atomic E-state index is 14.7. The van der Waals surface area contributed by atoms with Gasteiger partial charge < -0.3 is 53.7 Å². The van der Waals surface area contributed by atoms with E-state index in [0.29, 0.717) is 19.5 Å². The Morgan fingerprint density at radius 2 is 1.48 bits per heavy atom. The molecule has 0 radical (unpaired) electrons. The SMILES string of the molecule is CCCCC(=O)NC1(C(=O)NC(Cc2ccccc2)C(=O)NC(CCCN=C(N)N)C(=O)NC(Cc2c[nH]c3ccccc23)C(=O)NCC(N)=O)CCN(c2cccc(C)c2)CC1. The van der Waals surface area contributed by atoms with E-state index >= 15 is 0 Å². The van der Waals surface area contributed by atoms with Crippen molar-refractivity contribution in [3.05, 3.63) is 102 Å². The fourth-order valence-corrected chi connectivity index (χ4v) is 7.75. The largest absolute Gasteiger partial charge is 0.371 e. The van der Waals surface area contributed by atoms with E-state index in [4.69, 9.17) is 17.2 Å². The molecular weight excluding hydrogens is 803 g/mol. The van der Waals surface area contributed by atoms with Crippen molar-refractivity contribution in [1.82, 2.24) is 31.6 Å². The number of unbranched alkanes of at least 4 members (excludes halogenated alkanes) is 1. The number of hydrogen-bond donors (Lipinski definition) is 9. The molecule has 3 aromatic carbocycles. The number of nitrogens with zero attached hydrogens (tertiary/aromatic N) is 2. The van der Waals surface area contributed by atoms with Gasteiger partial charge in [0.25, 0.3) is 0 Å². The molecule has 0 saturated carbocycles. The molecule has 0 spiro atoms. The Bertz CT molecular complexity index is 2230. The predicted octanol–water partition coefficient (Wildman–Crippen LogP) is 1.72. The number of carbonyl (C=O) groups is 6. The molecular formula is C46H61N11O6. The minimum absolute atomic E-state index is 0.0368. The highest BCUT2D eigenvalue weighted by Gasteiger charge is 2.44. The first-order valence-corrected chi connectivity index (χ1v) is 21.5. The minimum Gasteiger partial charge on any atom is -0.371 e. The van der Waals surface area contributed by atoms with Crippen molar-refractivity contribution in [2.24, 2.45) is 22.2 Å². The van der Waals surface area contributed by atoms with E-state index in [2.05, 4.69) is 47.5 Å². The summed E-state index contributed by atoms with van der Waals surface area (Å²) < 4.78 is 0. The van der Waals surface area contributed by atoms with E-state index in [-0.39, 0.29) is 63.4 Å². The van der Waals surface area contributed by atoms with Gasteiger partial charge in [0.15, 0.2) is 5.96 Å². The van der Waals surface area contributed by atoms with Gasteiger partial charge in [0.1, 0.15) is 23.7 Å². The molecule has 5 rings (SSSR count). The van der Waals surface area contributed by atoms with Gasteiger partial charge in [0, 0.05) is 61.7 Å². The van der Waals surface area contributed by atoms with Gasteiger partial charge in [0.05, 0.1) is 6.54 Å². The number of aromatic nitrogens is 1. The highest BCUT2D eigenvalue weighted by atomic mass is 16.2. The van der Waals surface area contributed by atoms with E-state index in [1.165, 1.54) is 0 Å². The van der Waals surface area contributed by atoms with E-state index in [0.717, 1.165) is 39.7 Å². The molecule has 3 atom stereocenters. The number of hydrogen-bond acceptors (Lipinski definition) is 8. The molecule has 12 N–H and O–H groups in total. The molecule has 1 saturated heterocycles. The first kappa shape index (κ1) is 47.1. The van der Waals surface area contributed by atoms with Crippen molar-refractivity contribution in [3.63, 3.8) is 0 Å². The summed E-state index contributed by atoms with van der Waals surface area (Å²) in [5.74, 6) is -3.69. The van der Waals surface area contributed by atoms with Crippen LogP contribution in [0.5, 0.6) is 0 Å². The highest BCUT2D eigenvalue weighted by molar-refractivity contribution is 5.98. The topological polar surface area (TPSA) is 272 Å². The maximum absolute atomic E-state index is 14.7. The summed E-state index contributed by atoms with van der Waals surface area (Å²) in [7, 11) is 0. The third kappa shape index (κ3) is 13.8. The number of amides is 6. The first-order chi connectivity index (χ1) is 30.3. The monoisotopic (exact) mass is 863 g/mol. The van der Waals surface area contributed by atoms with Crippen LogP contribution in [0.2, 0.25) is 0 Å². The Morgan fingerprint density at radius 3 is 2.17 bits per heavy atom. The maximum Gasteiger partial charge on any atom is 0.246 e. The van der Waals surface area contributed by atoms with Crippen LogP contribution in [0.3, 0.4) is 0 Å². The molecule has 1 aliphatic heterocycles. The minimum atomic E-state index is -1.31. The second-order valence-corrected chi connectivity index (χ2v) is 16.1. The molecule has 0 aliphatic carbocycles. The van der Waals surface area contributed by atoms with Crippen LogP contribution in [0, 0.1) is 6.92 Å². The molecule has 1 fully saturated rings. The van der Waals surface area contributed by atoms with Gasteiger partial charge in [-0.15, -0.1) is 0 Å². The lowest BCUT2D eigenvalue weighted by molar-refractivity contribution is -0.138. The van der Waals surface area contributed by atoms with Gasteiger partial charge in [-0.25, -0.2) is 0 Å². The van der Waals surface area contributed by atoms with E-state index in [9.17, 15) is 28.8 Å². The van der Waals surface area contributed by atoms with E-state index in [1.807, 2.05) is 86.6 Å². The number of rotatable bonds is 22. The summed E-state index contributed by atoms with van der Waals surface area (Å²) >= 11 is 0. The number of fused-ring (bicyclic) bond motifs is 1. The molecule has 3 unspecified atom stereocenters. The molecule has 2 heterocycles. The smallest absolute Gasteiger partial charge is 0.246 e. The Morgan fingerprint density at radius 1 is 0.794 bits per heavy atom. The number of piperidine rings is 1. The molecule has 4 aromatic rings. The second kappa shape index (κ2) is 22.8. The van der Waals surface area contributed by atoms with Gasteiger partial charge in [-0.05, 0) is 73.9 Å². The number of para-hydroxylation sites is 1. The number of anilines is 1. The van der Waals surface area contributed by atoms with Gasteiger partial charge in [-0.1, -0.05) is 74.0 Å². The summed E-state index contributed by atoms with van der Waals surface area (Å²) in [6.07, 6.45) is 4.43. The molecule has 1 aliphatic rings. The number of aromatic amines is 1. The molecule has 6 amide bonds. The zero-order chi connectivity index (χ0) is 45.4. The van der Waals surface area contributed by atoms with Crippen LogP contribution < -0.4 is 48.7 Å². The first-order valence-electron chi connectivity index (χ1n) is 21.5. The normalized spacial score (nSPS) is 14.7. The number of benzene rings is 3. The van der Waals surface area contributed by atoms with Crippen LogP contribution in [0.25, 0.3) is 10.9 Å². The average Bonchev–Trinajstić information content (AvgIpc) is 3.68. The third-order valence-electron chi connectivity index (χ3n) is 11.2. The van der Waals surface area contributed by atoms with Gasteiger partial charge in [0.2, 0.25) is 35.4 Å². The number of aliphatic imine (C=N–C) groups is 1. The molecule has 63 heavy (non-hydrogen) atoms. The number of nitrogens with one attached hydrogen (secondary N) is 6. The van der Waals surface area contributed by atoms with Gasteiger partial charge in [-0.3, -0.25) is 33.8 Å². The number of carbonyl (C=O) groups excluding carboxylic acids is 6. The van der Waals surface area contributed by atoms with Crippen molar-refractivity contribution < 1.29 is 28.8 Å². The average molecular weight is 864 g/mol. The summed E-state index contributed by atoms with van der Waals surface area (Å²) in [5, 5.41) is 15.0. The number of guanidine groups is 1. The van der Waals surface area contributed by atoms with Crippen LogP contribution in [0.15, 0.2) is 90.1 Å². The lowest BCUT2D eigenvalue weighted by Crippen LogP contribution is -2.66. The van der Waals surface area contributed by atoms with E-state index in [1.54, 1.807) is 6.20 Å². The van der Waals surface area contributed by atoms with Crippen LogP contribution in [-0.2, 0) is 41.6 Å². The summed E-state index contributed by atoms with van der Waals surface area (Å²) in [5.41, 5.74) is 19.5. The standard InChI is InChI=1S/C46H61N11O6/c1-3-4-19-40(59)56-46(20-23-57(24-21-46)33-15-10-12-30(2)25-33)44(63)55-37(26-31-13-6-5-7-14-31)43(62)53-36(18-11-22-50-45(48)49)42(61)54-38(41(60)52-29-39(47)58)27-32-28-51-35-17-9-8-16-34(32)35/h5-10,12-17,25,28,36-38,51H,3-4,11,18-24,26-27,29H2,1-2H3,(H2,47,58)(H,52,60)(H,53,62)(H,54,61)(H,55,63)(H,56,59)(H4,48,49,50). The van der Waals surface area contributed by atoms with Crippen LogP contribution in [0.1, 0.15) is 68.6 Å². The van der Waals surface area contributed by atoms with E-state index < -0.39 is 59.7 Å². The van der Waals surface area contributed by atoms with Gasteiger partial charge >= 0.3 is 0 Å². The van der Waals surface area contributed by atoms with Crippen molar-refractivity contribution in [3.8, 4) is 0 Å². The molecule has 1 aromatic heterocycles. The van der Waals surface area contributed by atoms with Crippen molar-refractivity contribution >= 4 is 58.0 Å². The van der Waals surface area contributed by atoms with Crippen molar-refractivity contribution in [2.45, 2.75) is 95.3 Å². The third-order valence-corrected chi connectivity index (χ3v) is 11.2. The lowest BCUT2D eigenvalue weighted by atomic mass is 9.85. The Kier molecular flexibility index (Phi) is 17.1. The van der Waals surface area contributed by atoms with Crippen molar-refractivity contribution in [2.75, 3.05) is 31.1 Å². The number of primary amides is 1. The lowest BCUT2D eigenvalue weighted by Gasteiger charge is -2.42. The summed E-state index contributed by atoms with van der Waals surface area (Å²) in [6.45, 7) is 4.64. The fraction of sp³-hybridized carbons (Fsp3) is 0.413. The summed E-state index contributed by atoms with van der Waals surface area (Å²) in [4.78, 5) is 91.4. The highest BCUT2D eigenvalue weighted by Crippen LogP contribution is 2.28. The zero-order valence-corrected chi connectivity index (χ0v) is 36.1. The number of H-pyrrole nitrogens is 1. The zero-order valence-electron chi connectivity index (χ0n) is 36.1. The Labute approximate surface area is 367 Å². The summed E-state index contributed by atoms with van der Waals surface area (Å²) in [6, 6.07) is 21.1. The fourth-order valence-electron chi connectivity index (χ4n) is 7.75. The Hall–Kier alpha value is -6.91. The second-order valence-electron chi connectivity index (χ2n) is 16.1. The molecule has 17 heteroatoms. The molecule has 336 valence electrons. The van der Waals surface area contributed by atoms with Crippen molar-refractivity contribution in [1.29, 1.82) is 0 Å². The van der Waals surface area contributed by atoms with Crippen LogP contribution in [-0.4, -0.2) is 96.2 Å². The Balaban J connectivity index is 1.41. The van der Waals surface area contributed by atoms with Crippen LogP contribution in [0.4, 0.5) is 5.69 Å². The number of aryl methyl sites for hydroxylation is 1. The number of nitrogens with two attached hydrogens (primary N) is 3. The predicted molar refractivity (Wildman–Crippen MR) is 243 cm³/mol. The van der Waals surface area contributed by atoms with Gasteiger partial charge in [-0.2, -0.15) is 0 Å². The molecule has 17 nitrogen and oxygen atoms in total. The van der Waals surface area contributed by atoms with Crippen LogP contribution >= 0.6 is 0 Å². The quantitative estimate of drug-likeness (QED) is 0.0316. The molecule has 0 bridgehead atoms.